The zero-order valence-corrected chi connectivity index (χ0v) is 21.7. The maximum Gasteiger partial charge on any atom is 0.363 e. The standard InChI is InChI=1S/C12H25O11PS6/c1-28-20-10-8(6-17-24(23-16)19-7(3-13)4-14)11(21-30(26)27)12(22-29(2)25)18-9(10)5-15/h7-16,30H,3-6H2,1-2H3. The third-order valence-corrected chi connectivity index (χ3v) is 6.70. The first-order valence-corrected chi connectivity index (χ1v) is 16.2. The van der Waals surface area contributed by atoms with Crippen molar-refractivity contribution in [2.75, 3.05) is 38.9 Å². The van der Waals surface area contributed by atoms with E-state index < -0.39 is 83.1 Å². The first kappa shape index (κ1) is 29.7. The van der Waals surface area contributed by atoms with Gasteiger partial charge >= 0.3 is 8.60 Å². The predicted octanol–water partition coefficient (Wildman–Crippen LogP) is -0.698. The van der Waals surface area contributed by atoms with Crippen LogP contribution < -0.4 is 0 Å². The molecular formula is C12H25O11PS6. The fourth-order valence-corrected chi connectivity index (χ4v) is 5.49. The Kier molecular flexibility index (Phi) is 16.2. The van der Waals surface area contributed by atoms with Gasteiger partial charge in [-0.15, -0.1) is 0 Å². The second-order valence-electron chi connectivity index (χ2n) is 5.60. The van der Waals surface area contributed by atoms with Gasteiger partial charge in [-0.25, -0.2) is 5.26 Å². The van der Waals surface area contributed by atoms with Gasteiger partial charge in [0.1, 0.15) is 24.4 Å². The van der Waals surface area contributed by atoms with Gasteiger partial charge in [0.05, 0.1) is 26.4 Å². The van der Waals surface area contributed by atoms with Crippen LogP contribution in [0.5, 0.6) is 0 Å². The van der Waals surface area contributed by atoms with Gasteiger partial charge < -0.3 is 37.5 Å². The minimum Gasteiger partial charge on any atom is -0.394 e. The molecule has 11 nitrogen and oxygen atoms in total. The summed E-state index contributed by atoms with van der Waals surface area (Å²) in [6, 6.07) is 0. The highest BCUT2D eigenvalue weighted by Crippen LogP contribution is 2.42. The zero-order valence-electron chi connectivity index (χ0n) is 15.9. The van der Waals surface area contributed by atoms with Gasteiger partial charge in [-0.05, 0) is 45.6 Å². The molecule has 1 heterocycles. The molecular weight excluding hydrogens is 543 g/mol. The molecule has 0 aromatic rings. The molecule has 1 aliphatic heterocycles. The summed E-state index contributed by atoms with van der Waals surface area (Å²) in [5.41, 5.74) is 0. The van der Waals surface area contributed by atoms with Crippen LogP contribution in [0, 0.1) is 5.92 Å². The average Bonchev–Trinajstić information content (AvgIpc) is 2.70. The Hall–Kier alpha value is 1.70. The molecule has 1 saturated heterocycles. The monoisotopic (exact) mass is 568 g/mol. The quantitative estimate of drug-likeness (QED) is 0.0558. The molecule has 7 unspecified atom stereocenters. The molecule has 0 aromatic carbocycles. The van der Waals surface area contributed by atoms with Gasteiger partial charge in [-0.3, -0.25) is 4.18 Å². The topological polar surface area (TPSA) is 146 Å². The minimum atomic E-state index is -2.34. The Morgan fingerprint density at radius 3 is 2.37 bits per heavy atom. The number of thiol groups is 1. The Labute approximate surface area is 198 Å². The second kappa shape index (κ2) is 16.3. The van der Waals surface area contributed by atoms with Crippen molar-refractivity contribution in [2.45, 2.75) is 30.7 Å². The Morgan fingerprint density at radius 2 is 1.90 bits per heavy atom. The van der Waals surface area contributed by atoms with Gasteiger partial charge in [0, 0.05) is 36.5 Å². The van der Waals surface area contributed by atoms with Gasteiger partial charge in [0.25, 0.3) is 0 Å². The lowest BCUT2D eigenvalue weighted by Crippen LogP contribution is -2.58. The lowest BCUT2D eigenvalue weighted by atomic mass is 9.90. The van der Waals surface area contributed by atoms with Crippen LogP contribution in [0.1, 0.15) is 0 Å². The van der Waals surface area contributed by atoms with E-state index in [-0.39, 0.29) is 6.61 Å². The lowest BCUT2D eigenvalue weighted by Gasteiger charge is -2.44. The van der Waals surface area contributed by atoms with E-state index in [1.807, 2.05) is 0 Å². The number of aliphatic hydroxyl groups excluding tert-OH is 3. The molecule has 1 rings (SSSR count). The zero-order chi connectivity index (χ0) is 22.7. The van der Waals surface area contributed by atoms with Crippen molar-refractivity contribution in [3.05, 3.63) is 0 Å². The molecule has 0 aromatic heterocycles. The molecule has 0 radical (unpaired) electrons. The largest absolute Gasteiger partial charge is 0.394 e. The summed E-state index contributed by atoms with van der Waals surface area (Å²) in [6.07, 6.45) is -1.07. The van der Waals surface area contributed by atoms with E-state index in [1.165, 1.54) is 0 Å². The molecule has 1 aliphatic rings. The molecule has 30 heavy (non-hydrogen) atoms. The van der Waals surface area contributed by atoms with Gasteiger partial charge in [0.15, 0.2) is 6.29 Å². The van der Waals surface area contributed by atoms with Crippen molar-refractivity contribution in [1.29, 1.82) is 0 Å². The number of rotatable bonds is 15. The fraction of sp³-hybridized carbons (Fsp3) is 1.00. The smallest absolute Gasteiger partial charge is 0.363 e. The first-order chi connectivity index (χ1) is 14.3. The highest BCUT2D eigenvalue weighted by atomic mass is 33.1. The van der Waals surface area contributed by atoms with Crippen molar-refractivity contribution in [3.8, 4) is 0 Å². The summed E-state index contributed by atoms with van der Waals surface area (Å²) in [5.74, 6) is -0.645. The van der Waals surface area contributed by atoms with Gasteiger partial charge in [-0.2, -0.15) is 4.67 Å². The van der Waals surface area contributed by atoms with Gasteiger partial charge in [-0.1, -0.05) is 0 Å². The Bertz CT molecular complexity index is 575. The lowest BCUT2D eigenvalue weighted by molar-refractivity contribution is -0.249. The molecule has 0 saturated carbocycles. The molecule has 180 valence electrons. The molecule has 7 atom stereocenters. The second-order valence-corrected chi connectivity index (χ2v) is 13.0. The van der Waals surface area contributed by atoms with Crippen LogP contribution in [0.3, 0.4) is 0 Å². The SMILES string of the molecule is CSOC1C(CO)OC(OS(C)=S)C(O[SH](=S)=S)C1COP(OO)OC(CO)CO. The Balaban J connectivity index is 3.11. The highest BCUT2D eigenvalue weighted by Gasteiger charge is 2.49. The van der Waals surface area contributed by atoms with Crippen molar-refractivity contribution in [2.24, 2.45) is 5.92 Å². The van der Waals surface area contributed by atoms with E-state index in [9.17, 15) is 5.11 Å². The molecule has 0 amide bonds. The third-order valence-electron chi connectivity index (χ3n) is 3.69. The van der Waals surface area contributed by atoms with E-state index in [0.29, 0.717) is 0 Å². The van der Waals surface area contributed by atoms with Crippen LogP contribution in [-0.2, 0) is 82.6 Å². The van der Waals surface area contributed by atoms with Crippen LogP contribution in [0.2, 0.25) is 0 Å². The van der Waals surface area contributed by atoms with Crippen LogP contribution in [0.15, 0.2) is 0 Å². The van der Waals surface area contributed by atoms with E-state index in [4.69, 9.17) is 75.4 Å². The molecule has 1 fully saturated rings. The molecule has 0 spiro atoms. The van der Waals surface area contributed by atoms with E-state index in [1.54, 1.807) is 12.5 Å². The normalized spacial score (nSPS) is 29.4. The van der Waals surface area contributed by atoms with Crippen molar-refractivity contribution in [1.82, 2.24) is 0 Å². The number of aliphatic hydroxyl groups is 3. The minimum absolute atomic E-state index is 0.172. The number of ether oxygens (including phenoxy) is 1. The van der Waals surface area contributed by atoms with E-state index in [0.717, 1.165) is 12.0 Å². The molecule has 4 N–H and O–H groups in total. The summed E-state index contributed by atoms with van der Waals surface area (Å²) in [6.45, 7) is -1.59. The van der Waals surface area contributed by atoms with Crippen molar-refractivity contribution >= 4 is 72.2 Å². The molecule has 0 bridgehead atoms. The van der Waals surface area contributed by atoms with Gasteiger partial charge in [0.2, 0.25) is 0 Å². The summed E-state index contributed by atoms with van der Waals surface area (Å²) in [4.78, 5) is 0. The van der Waals surface area contributed by atoms with Crippen molar-refractivity contribution < 1.29 is 51.6 Å². The van der Waals surface area contributed by atoms with Crippen LogP contribution in [-0.4, -0.2) is 90.2 Å². The number of hydrogen-bond acceptors (Lipinski definition) is 15. The predicted molar refractivity (Wildman–Crippen MR) is 123 cm³/mol. The summed E-state index contributed by atoms with van der Waals surface area (Å²) >= 11 is 16.2. The van der Waals surface area contributed by atoms with E-state index in [2.05, 4.69) is 4.67 Å². The van der Waals surface area contributed by atoms with Crippen LogP contribution in [0.4, 0.5) is 0 Å². The summed E-state index contributed by atoms with van der Waals surface area (Å²) in [5, 5.41) is 37.1. The maximum atomic E-state index is 9.78. The highest BCUT2D eigenvalue weighted by molar-refractivity contribution is 8.44. The Morgan fingerprint density at radius 1 is 1.23 bits per heavy atom. The summed E-state index contributed by atoms with van der Waals surface area (Å²) in [7, 11) is -4.93. The first-order valence-electron chi connectivity index (χ1n) is 8.21. The number of hydrogen-bond donors (Lipinski definition) is 5. The molecule has 0 aliphatic carbocycles. The van der Waals surface area contributed by atoms with Crippen LogP contribution >= 0.6 is 20.6 Å². The van der Waals surface area contributed by atoms with E-state index >= 15 is 0 Å². The fourth-order valence-electron chi connectivity index (χ4n) is 2.48. The molecule has 18 heteroatoms. The maximum absolute atomic E-state index is 9.78. The van der Waals surface area contributed by atoms with Crippen molar-refractivity contribution in [3.63, 3.8) is 0 Å². The third kappa shape index (κ3) is 9.90. The van der Waals surface area contributed by atoms with Crippen LogP contribution in [0.25, 0.3) is 0 Å². The summed E-state index contributed by atoms with van der Waals surface area (Å²) < 4.78 is 37.6. The average molecular weight is 569 g/mol.